The number of carbonyl (C=O) groups is 2. The first kappa shape index (κ1) is 29.1. The number of ether oxygens (including phenoxy) is 1. The van der Waals surface area contributed by atoms with Crippen LogP contribution in [0.5, 0.6) is 11.5 Å². The molecule has 3 aromatic carbocycles. The number of aliphatic imine (C=N–C) groups is 1. The fourth-order valence-electron chi connectivity index (χ4n) is 5.04. The van der Waals surface area contributed by atoms with Crippen LogP contribution < -0.4 is 10.1 Å². The number of carbonyl (C=O) groups excluding carboxylic acids is 2. The Hall–Kier alpha value is -4.37. The monoisotopic (exact) mass is 584 g/mol. The molecule has 0 bridgehead atoms. The van der Waals surface area contributed by atoms with E-state index in [1.54, 1.807) is 17.0 Å². The van der Waals surface area contributed by atoms with Gasteiger partial charge in [-0.1, -0.05) is 54.2 Å². The molecule has 1 atom stereocenters. The van der Waals surface area contributed by atoms with E-state index in [1.807, 2.05) is 85.7 Å². The Bertz CT molecular complexity index is 1550. The van der Waals surface area contributed by atoms with Gasteiger partial charge in [-0.15, -0.1) is 0 Å². The van der Waals surface area contributed by atoms with E-state index in [0.717, 1.165) is 16.8 Å². The van der Waals surface area contributed by atoms with E-state index >= 15 is 0 Å². The highest BCUT2D eigenvalue weighted by Crippen LogP contribution is 2.45. The fraction of sp³-hybridized carbons (Fsp3) is 0.242. The van der Waals surface area contributed by atoms with Gasteiger partial charge in [0.25, 0.3) is 5.91 Å². The van der Waals surface area contributed by atoms with Gasteiger partial charge in [0.05, 0.1) is 23.7 Å². The molecule has 7 nitrogen and oxygen atoms in total. The van der Waals surface area contributed by atoms with Crippen molar-refractivity contribution in [2.24, 2.45) is 4.99 Å². The van der Waals surface area contributed by atoms with Crippen LogP contribution in [-0.2, 0) is 16.1 Å². The van der Waals surface area contributed by atoms with Crippen molar-refractivity contribution in [3.8, 4) is 11.5 Å². The van der Waals surface area contributed by atoms with E-state index in [2.05, 4.69) is 5.32 Å². The number of hydrogen-bond acceptors (Lipinski definition) is 6. The zero-order valence-corrected chi connectivity index (χ0v) is 24.7. The number of rotatable bonds is 10. The zero-order chi connectivity index (χ0) is 29.6. The highest BCUT2D eigenvalue weighted by molar-refractivity contribution is 8.16. The van der Waals surface area contributed by atoms with Gasteiger partial charge in [0.15, 0.2) is 5.17 Å². The minimum atomic E-state index is -0.504. The Morgan fingerprint density at radius 2 is 1.71 bits per heavy atom. The van der Waals surface area contributed by atoms with Gasteiger partial charge in [-0.25, -0.2) is 9.38 Å². The summed E-state index contributed by atoms with van der Waals surface area (Å²) >= 11 is 1.44. The average Bonchev–Trinajstić information content (AvgIpc) is 3.38. The fourth-order valence-corrected chi connectivity index (χ4v) is 6.01. The molecule has 2 aliphatic heterocycles. The Balaban J connectivity index is 1.46. The molecule has 9 heteroatoms. The number of nitrogens with one attached hydrogen (secondary N) is 1. The third-order valence-corrected chi connectivity index (χ3v) is 8.07. The Morgan fingerprint density at radius 3 is 2.43 bits per heavy atom. The predicted molar refractivity (Wildman–Crippen MR) is 164 cm³/mol. The number of fused-ring (bicyclic) bond motifs is 1. The number of hydrogen-bond donors (Lipinski definition) is 1. The number of halogens is 1. The Kier molecular flexibility index (Phi) is 9.07. The molecule has 42 heavy (non-hydrogen) atoms. The van der Waals surface area contributed by atoms with Crippen molar-refractivity contribution in [2.75, 3.05) is 13.1 Å². The second kappa shape index (κ2) is 13.1. The second-order valence-electron chi connectivity index (χ2n) is 9.94. The van der Waals surface area contributed by atoms with Crippen LogP contribution in [0.2, 0.25) is 0 Å². The molecule has 0 radical (unpaired) electrons. The lowest BCUT2D eigenvalue weighted by Crippen LogP contribution is -2.42. The van der Waals surface area contributed by atoms with Gasteiger partial charge in [-0.05, 0) is 73.7 Å². The number of thioether (sulfide) groups is 1. The van der Waals surface area contributed by atoms with Crippen molar-refractivity contribution in [1.82, 2.24) is 15.1 Å². The molecule has 216 valence electrons. The van der Waals surface area contributed by atoms with E-state index in [0.29, 0.717) is 41.0 Å². The number of para-hydroxylation sites is 1. The number of benzene rings is 3. The summed E-state index contributed by atoms with van der Waals surface area (Å²) in [6, 6.07) is 22.8. The summed E-state index contributed by atoms with van der Waals surface area (Å²) in [6.45, 7) is 7.20. The number of likely N-dealkylation sites (N-methyl/N-ethyl adjacent to an activating group) is 1. The molecule has 2 heterocycles. The first-order chi connectivity index (χ1) is 20.4. The van der Waals surface area contributed by atoms with E-state index in [4.69, 9.17) is 9.73 Å². The summed E-state index contributed by atoms with van der Waals surface area (Å²) in [4.78, 5) is 35.6. The maximum absolute atomic E-state index is 13.9. The van der Waals surface area contributed by atoms with Crippen molar-refractivity contribution in [3.63, 3.8) is 0 Å². The molecular weight excluding hydrogens is 551 g/mol. The van der Waals surface area contributed by atoms with Crippen molar-refractivity contribution in [3.05, 3.63) is 118 Å². The Morgan fingerprint density at radius 1 is 1.00 bits per heavy atom. The minimum absolute atomic E-state index is 0.0864. The summed E-state index contributed by atoms with van der Waals surface area (Å²) in [5.41, 5.74) is 3.62. The molecule has 5 rings (SSSR count). The van der Waals surface area contributed by atoms with Crippen molar-refractivity contribution in [2.45, 2.75) is 39.8 Å². The summed E-state index contributed by atoms with van der Waals surface area (Å²) in [5.74, 6) is 0.760. The van der Waals surface area contributed by atoms with Gasteiger partial charge in [0.2, 0.25) is 5.91 Å². The highest BCUT2D eigenvalue weighted by atomic mass is 32.2. The lowest BCUT2D eigenvalue weighted by molar-refractivity contribution is -0.127. The maximum atomic E-state index is 13.9. The molecule has 3 aromatic rings. The van der Waals surface area contributed by atoms with Gasteiger partial charge in [0.1, 0.15) is 17.3 Å². The molecule has 0 fully saturated rings. The van der Waals surface area contributed by atoms with Gasteiger partial charge < -0.3 is 19.9 Å². The molecule has 0 spiro atoms. The maximum Gasteiger partial charge on any atom is 0.254 e. The third-order valence-electron chi connectivity index (χ3n) is 7.18. The molecule has 0 aromatic heterocycles. The number of allylic oxidation sites excluding steroid dienone is 1. The Labute approximate surface area is 249 Å². The zero-order valence-electron chi connectivity index (χ0n) is 23.8. The molecule has 2 amide bonds. The summed E-state index contributed by atoms with van der Waals surface area (Å²) in [6.07, 6.45) is 0.0930. The predicted octanol–water partition coefficient (Wildman–Crippen LogP) is 6.77. The quantitative estimate of drug-likeness (QED) is 0.285. The first-order valence-corrected chi connectivity index (χ1v) is 14.8. The lowest BCUT2D eigenvalue weighted by Gasteiger charge is -2.38. The van der Waals surface area contributed by atoms with Crippen LogP contribution in [0.1, 0.15) is 44.4 Å². The van der Waals surface area contributed by atoms with Crippen LogP contribution in [0.25, 0.3) is 0 Å². The van der Waals surface area contributed by atoms with E-state index in [9.17, 15) is 14.0 Å². The SMILES string of the molecule is CCN(CC)C(=O)C1=C(C)N=C2SC=C(CC(=O)NCc3ccc(F)cc3)N2C1c1cccc(Oc2ccccc2)c1. The number of amides is 2. The summed E-state index contributed by atoms with van der Waals surface area (Å²) < 4.78 is 19.4. The molecular formula is C33H33FN4O3S. The smallest absolute Gasteiger partial charge is 0.254 e. The van der Waals surface area contributed by atoms with E-state index < -0.39 is 6.04 Å². The lowest BCUT2D eigenvalue weighted by atomic mass is 9.92. The highest BCUT2D eigenvalue weighted by Gasteiger charge is 2.41. The number of amidine groups is 1. The van der Waals surface area contributed by atoms with Crippen molar-refractivity contribution >= 4 is 28.7 Å². The molecule has 1 unspecified atom stereocenters. The summed E-state index contributed by atoms with van der Waals surface area (Å²) in [7, 11) is 0. The van der Waals surface area contributed by atoms with Crippen molar-refractivity contribution < 1.29 is 18.7 Å². The first-order valence-electron chi connectivity index (χ1n) is 14.0. The van der Waals surface area contributed by atoms with Gasteiger partial charge in [-0.3, -0.25) is 9.59 Å². The molecule has 0 aliphatic carbocycles. The standard InChI is InChI=1S/C33H33FN4O3S/c1-4-37(5-2)32(40)30-22(3)36-33-38(26(21-42-33)19-29(39)35-20-23-14-16-25(34)17-15-23)31(30)24-10-9-13-28(18-24)41-27-11-7-6-8-12-27/h6-18,21,31H,4-5,19-20H2,1-3H3,(H,35,39). The van der Waals surface area contributed by atoms with Crippen LogP contribution in [0.3, 0.4) is 0 Å². The topological polar surface area (TPSA) is 74.2 Å². The second-order valence-corrected chi connectivity index (χ2v) is 10.8. The van der Waals surface area contributed by atoms with Crippen LogP contribution in [0, 0.1) is 5.82 Å². The molecule has 0 saturated carbocycles. The minimum Gasteiger partial charge on any atom is -0.457 e. The van der Waals surface area contributed by atoms with Crippen LogP contribution >= 0.6 is 11.8 Å². The average molecular weight is 585 g/mol. The van der Waals surface area contributed by atoms with Crippen LogP contribution in [0.15, 0.2) is 106 Å². The normalized spacial score (nSPS) is 16.0. The molecule has 0 saturated heterocycles. The van der Waals surface area contributed by atoms with Gasteiger partial charge >= 0.3 is 0 Å². The van der Waals surface area contributed by atoms with Gasteiger partial charge in [-0.2, -0.15) is 0 Å². The van der Waals surface area contributed by atoms with Crippen LogP contribution in [-0.4, -0.2) is 39.9 Å². The third kappa shape index (κ3) is 6.41. The molecule has 1 N–H and O–H groups in total. The molecule has 2 aliphatic rings. The van der Waals surface area contributed by atoms with Crippen LogP contribution in [0.4, 0.5) is 4.39 Å². The van der Waals surface area contributed by atoms with E-state index in [-0.39, 0.29) is 30.6 Å². The number of nitrogens with zero attached hydrogens (tertiary/aromatic N) is 3. The van der Waals surface area contributed by atoms with E-state index in [1.165, 1.54) is 23.9 Å². The van der Waals surface area contributed by atoms with Gasteiger partial charge in [0, 0.05) is 25.3 Å². The largest absolute Gasteiger partial charge is 0.457 e. The van der Waals surface area contributed by atoms with Crippen molar-refractivity contribution in [1.29, 1.82) is 0 Å². The summed E-state index contributed by atoms with van der Waals surface area (Å²) in [5, 5.41) is 5.56.